The summed E-state index contributed by atoms with van der Waals surface area (Å²) in [6.45, 7) is 16.1. The highest BCUT2D eigenvalue weighted by Crippen LogP contribution is 2.26. The molecular formula is C18H32N2OS. The van der Waals surface area contributed by atoms with Crippen LogP contribution in [0.1, 0.15) is 47.0 Å². The van der Waals surface area contributed by atoms with Crippen LogP contribution >= 0.6 is 12.6 Å². The lowest BCUT2D eigenvalue weighted by molar-refractivity contribution is -0.126. The molecule has 0 aromatic rings. The predicted octanol–water partition coefficient (Wildman–Crippen LogP) is 3.64. The first-order chi connectivity index (χ1) is 10.2. The Labute approximate surface area is 141 Å². The van der Waals surface area contributed by atoms with Crippen molar-refractivity contribution in [1.29, 1.82) is 0 Å². The highest BCUT2D eigenvalue weighted by atomic mass is 32.1. The summed E-state index contributed by atoms with van der Waals surface area (Å²) >= 11 is 4.60. The molecule has 1 heterocycles. The smallest absolute Gasteiger partial charge is 0.253 e. The van der Waals surface area contributed by atoms with Crippen LogP contribution in [0.2, 0.25) is 0 Å². The van der Waals surface area contributed by atoms with Gasteiger partial charge in [0.05, 0.1) is 0 Å². The van der Waals surface area contributed by atoms with Gasteiger partial charge in [0.15, 0.2) is 0 Å². The minimum absolute atomic E-state index is 0.0345. The summed E-state index contributed by atoms with van der Waals surface area (Å²) in [4.78, 5) is 15.4. The normalized spacial score (nSPS) is 17.4. The molecule has 1 N–H and O–H groups in total. The van der Waals surface area contributed by atoms with E-state index in [0.717, 1.165) is 50.3 Å². The molecule has 1 aliphatic rings. The number of carbonyl (C=O) groups is 1. The Morgan fingerprint density at radius 1 is 1.36 bits per heavy atom. The molecule has 126 valence electrons. The van der Waals surface area contributed by atoms with E-state index in [9.17, 15) is 4.79 Å². The summed E-state index contributed by atoms with van der Waals surface area (Å²) in [5.74, 6) is 0.492. The average Bonchev–Trinajstić information content (AvgIpc) is 2.47. The van der Waals surface area contributed by atoms with E-state index in [4.69, 9.17) is 0 Å². The molecule has 1 rings (SSSR count). The molecule has 0 aliphatic carbocycles. The van der Waals surface area contributed by atoms with E-state index >= 15 is 0 Å². The van der Waals surface area contributed by atoms with Crippen LogP contribution in [0.5, 0.6) is 0 Å². The van der Waals surface area contributed by atoms with Crippen molar-refractivity contribution >= 4 is 18.5 Å². The van der Waals surface area contributed by atoms with Crippen molar-refractivity contribution in [2.24, 2.45) is 11.3 Å². The first-order valence-electron chi connectivity index (χ1n) is 8.34. The summed E-state index contributed by atoms with van der Waals surface area (Å²) in [5, 5.41) is 3.35. The van der Waals surface area contributed by atoms with Gasteiger partial charge in [-0.2, -0.15) is 0 Å². The monoisotopic (exact) mass is 324 g/mol. The Kier molecular flexibility index (Phi) is 7.70. The van der Waals surface area contributed by atoms with Crippen molar-refractivity contribution in [2.75, 3.05) is 26.2 Å². The summed E-state index contributed by atoms with van der Waals surface area (Å²) in [6.07, 6.45) is 5.03. The Hall–Kier alpha value is -0.740. The summed E-state index contributed by atoms with van der Waals surface area (Å²) in [5.41, 5.74) is 0.786. The van der Waals surface area contributed by atoms with Crippen molar-refractivity contribution in [1.82, 2.24) is 10.2 Å². The van der Waals surface area contributed by atoms with Crippen LogP contribution in [-0.4, -0.2) is 37.0 Å². The lowest BCUT2D eigenvalue weighted by atomic mass is 9.92. The van der Waals surface area contributed by atoms with Crippen molar-refractivity contribution in [3.05, 3.63) is 23.1 Å². The molecule has 0 atom stereocenters. The van der Waals surface area contributed by atoms with Crippen molar-refractivity contribution in [3.8, 4) is 0 Å². The van der Waals surface area contributed by atoms with Crippen LogP contribution in [0.3, 0.4) is 0 Å². The van der Waals surface area contributed by atoms with E-state index in [1.807, 2.05) is 17.9 Å². The van der Waals surface area contributed by atoms with Crippen molar-refractivity contribution < 1.29 is 4.79 Å². The third kappa shape index (κ3) is 6.57. The molecule has 0 aromatic carbocycles. The highest BCUT2D eigenvalue weighted by Gasteiger charge is 2.20. The van der Waals surface area contributed by atoms with Gasteiger partial charge in [0, 0.05) is 18.7 Å². The van der Waals surface area contributed by atoms with Gasteiger partial charge in [-0.15, -0.1) is 12.6 Å². The summed E-state index contributed by atoms with van der Waals surface area (Å²) < 4.78 is 0. The predicted molar refractivity (Wildman–Crippen MR) is 98.1 cm³/mol. The van der Waals surface area contributed by atoms with Crippen LogP contribution in [0, 0.1) is 11.3 Å². The molecule has 0 spiro atoms. The first-order valence-corrected chi connectivity index (χ1v) is 8.78. The van der Waals surface area contributed by atoms with E-state index < -0.39 is 0 Å². The number of rotatable bonds is 6. The molecule has 0 bridgehead atoms. The second kappa shape index (κ2) is 8.78. The SMILES string of the molecule is C=C(/C=C(\S)C1CCNCC1)C(=O)N(CC)CCC(C)(C)C. The number of nitrogens with zero attached hydrogens (tertiary/aromatic N) is 1. The molecule has 1 amide bonds. The van der Waals surface area contributed by atoms with Crippen LogP contribution in [0.4, 0.5) is 0 Å². The number of likely N-dealkylation sites (N-methyl/N-ethyl adjacent to an activating group) is 1. The largest absolute Gasteiger partial charge is 0.339 e. The lowest BCUT2D eigenvalue weighted by Crippen LogP contribution is -2.34. The molecule has 1 saturated heterocycles. The maximum Gasteiger partial charge on any atom is 0.253 e. The highest BCUT2D eigenvalue weighted by molar-refractivity contribution is 7.84. The lowest BCUT2D eigenvalue weighted by Gasteiger charge is -2.27. The topological polar surface area (TPSA) is 32.3 Å². The zero-order valence-corrected chi connectivity index (χ0v) is 15.5. The van der Waals surface area contributed by atoms with E-state index in [2.05, 4.69) is 45.3 Å². The first kappa shape index (κ1) is 19.3. The molecule has 0 saturated carbocycles. The molecule has 3 nitrogen and oxygen atoms in total. The van der Waals surface area contributed by atoms with Gasteiger partial charge in [0.25, 0.3) is 5.91 Å². The standard InChI is InChI=1S/C18H32N2OS/c1-6-20(12-9-18(3,4)5)17(21)14(2)13-16(22)15-7-10-19-11-8-15/h13,15,19,22H,2,6-12H2,1,3-5H3/b16-13-. The number of allylic oxidation sites excluding steroid dienone is 1. The van der Waals surface area contributed by atoms with Crippen LogP contribution in [0.15, 0.2) is 23.1 Å². The number of hydrogen-bond acceptors (Lipinski definition) is 3. The molecule has 0 aromatic heterocycles. The maximum absolute atomic E-state index is 12.5. The fourth-order valence-electron chi connectivity index (χ4n) is 2.55. The van der Waals surface area contributed by atoms with Crippen molar-refractivity contribution in [3.63, 3.8) is 0 Å². The van der Waals surface area contributed by atoms with Gasteiger partial charge in [-0.05, 0) is 61.6 Å². The molecule has 4 heteroatoms. The fourth-order valence-corrected chi connectivity index (χ4v) is 2.97. The second-order valence-electron chi connectivity index (χ2n) is 7.31. The van der Waals surface area contributed by atoms with Gasteiger partial charge in [-0.25, -0.2) is 0 Å². The number of piperidine rings is 1. The number of hydrogen-bond donors (Lipinski definition) is 2. The molecule has 1 fully saturated rings. The molecule has 1 aliphatic heterocycles. The third-order valence-corrected chi connectivity index (χ3v) is 4.65. The number of amides is 1. The molecule has 22 heavy (non-hydrogen) atoms. The van der Waals surface area contributed by atoms with Crippen LogP contribution in [-0.2, 0) is 4.79 Å². The maximum atomic E-state index is 12.5. The van der Waals surface area contributed by atoms with E-state index in [1.54, 1.807) is 0 Å². The van der Waals surface area contributed by atoms with Crippen LogP contribution in [0.25, 0.3) is 0 Å². The van der Waals surface area contributed by atoms with Crippen LogP contribution < -0.4 is 5.32 Å². The molecular weight excluding hydrogens is 292 g/mol. The minimum atomic E-state index is 0.0345. The van der Waals surface area contributed by atoms with E-state index in [0.29, 0.717) is 11.5 Å². The third-order valence-electron chi connectivity index (χ3n) is 4.15. The van der Waals surface area contributed by atoms with Gasteiger partial charge in [-0.3, -0.25) is 4.79 Å². The van der Waals surface area contributed by atoms with Gasteiger partial charge >= 0.3 is 0 Å². The summed E-state index contributed by atoms with van der Waals surface area (Å²) in [6, 6.07) is 0. The zero-order chi connectivity index (χ0) is 16.8. The van der Waals surface area contributed by atoms with Gasteiger partial charge in [0.1, 0.15) is 0 Å². The fraction of sp³-hybridized carbons (Fsp3) is 0.722. The number of thiol groups is 1. The average molecular weight is 325 g/mol. The van der Waals surface area contributed by atoms with E-state index in [-0.39, 0.29) is 11.3 Å². The van der Waals surface area contributed by atoms with Gasteiger partial charge in [0.2, 0.25) is 0 Å². The zero-order valence-electron chi connectivity index (χ0n) is 14.6. The summed E-state index contributed by atoms with van der Waals surface area (Å²) in [7, 11) is 0. The Balaban J connectivity index is 2.63. The number of carbonyl (C=O) groups excluding carboxylic acids is 1. The second-order valence-corrected chi connectivity index (χ2v) is 7.83. The Bertz CT molecular complexity index is 417. The minimum Gasteiger partial charge on any atom is -0.339 e. The molecule has 0 unspecified atom stereocenters. The van der Waals surface area contributed by atoms with Gasteiger partial charge in [-0.1, -0.05) is 27.4 Å². The quantitative estimate of drug-likeness (QED) is 0.444. The Morgan fingerprint density at radius 3 is 2.45 bits per heavy atom. The van der Waals surface area contributed by atoms with Gasteiger partial charge < -0.3 is 10.2 Å². The van der Waals surface area contributed by atoms with E-state index in [1.165, 1.54) is 0 Å². The molecule has 0 radical (unpaired) electrons. The Morgan fingerprint density at radius 2 is 1.95 bits per heavy atom. The van der Waals surface area contributed by atoms with Crippen molar-refractivity contribution in [2.45, 2.75) is 47.0 Å². The number of nitrogens with one attached hydrogen (secondary N) is 1.